The second-order valence-corrected chi connectivity index (χ2v) is 6.45. The normalized spacial score (nSPS) is 12.6. The monoisotopic (exact) mass is 336 g/mol. The molecule has 1 amide bonds. The summed E-state index contributed by atoms with van der Waals surface area (Å²) < 4.78 is 10.4. The predicted molar refractivity (Wildman–Crippen MR) is 91.2 cm³/mol. The fourth-order valence-electron chi connectivity index (χ4n) is 1.69. The van der Waals surface area contributed by atoms with E-state index in [0.29, 0.717) is 38.5 Å². The minimum Gasteiger partial charge on any atom is -0.383 e. The second kappa shape index (κ2) is 14.3. The van der Waals surface area contributed by atoms with Crippen LogP contribution >= 0.6 is 11.8 Å². The standard InChI is InChI=1S/C15H32N2O4S/c1-5-6-15(19)21-11-8-17(7-10-20-4)14(18)13-22-12-9-16(2)3/h15,19H,5-13H2,1-4H3. The molecule has 0 spiro atoms. The van der Waals surface area contributed by atoms with E-state index in [1.165, 1.54) is 0 Å². The minimum absolute atomic E-state index is 0.0920. The van der Waals surface area contributed by atoms with Gasteiger partial charge in [0.15, 0.2) is 6.29 Å². The fourth-order valence-corrected chi connectivity index (χ4v) is 2.69. The first-order chi connectivity index (χ1) is 10.5. The van der Waals surface area contributed by atoms with Gasteiger partial charge in [0, 0.05) is 32.5 Å². The topological polar surface area (TPSA) is 62.2 Å². The lowest BCUT2D eigenvalue weighted by molar-refractivity contribution is -0.134. The van der Waals surface area contributed by atoms with Crippen molar-refractivity contribution in [2.45, 2.75) is 26.1 Å². The molecule has 0 radical (unpaired) electrons. The summed E-state index contributed by atoms with van der Waals surface area (Å²) in [5, 5.41) is 9.54. The summed E-state index contributed by atoms with van der Waals surface area (Å²) in [7, 11) is 5.66. The minimum atomic E-state index is -0.737. The molecule has 1 unspecified atom stereocenters. The van der Waals surface area contributed by atoms with Crippen LogP contribution in [0.15, 0.2) is 0 Å². The van der Waals surface area contributed by atoms with E-state index in [1.54, 1.807) is 23.8 Å². The summed E-state index contributed by atoms with van der Waals surface area (Å²) in [5.74, 6) is 1.49. The second-order valence-electron chi connectivity index (χ2n) is 5.34. The zero-order valence-electron chi connectivity index (χ0n) is 14.4. The van der Waals surface area contributed by atoms with Gasteiger partial charge in [-0.2, -0.15) is 11.8 Å². The van der Waals surface area contributed by atoms with Gasteiger partial charge in [-0.3, -0.25) is 4.79 Å². The van der Waals surface area contributed by atoms with E-state index in [2.05, 4.69) is 4.90 Å². The molecule has 0 aliphatic heterocycles. The summed E-state index contributed by atoms with van der Waals surface area (Å²) in [6.07, 6.45) is 0.751. The Morgan fingerprint density at radius 1 is 1.23 bits per heavy atom. The molecule has 0 rings (SSSR count). The number of thioether (sulfide) groups is 1. The van der Waals surface area contributed by atoms with Crippen LogP contribution < -0.4 is 0 Å². The fraction of sp³-hybridized carbons (Fsp3) is 0.933. The molecule has 7 heteroatoms. The molecule has 132 valence electrons. The molecule has 6 nitrogen and oxygen atoms in total. The van der Waals surface area contributed by atoms with Crippen LogP contribution in [-0.2, 0) is 14.3 Å². The summed E-state index contributed by atoms with van der Waals surface area (Å²) in [6.45, 7) is 4.84. The number of hydrogen-bond donors (Lipinski definition) is 1. The maximum atomic E-state index is 12.2. The number of carbonyl (C=O) groups is 1. The first-order valence-corrected chi connectivity index (χ1v) is 8.95. The number of aliphatic hydroxyl groups is 1. The van der Waals surface area contributed by atoms with E-state index >= 15 is 0 Å². The molecule has 22 heavy (non-hydrogen) atoms. The van der Waals surface area contributed by atoms with Crippen LogP contribution in [0.5, 0.6) is 0 Å². The van der Waals surface area contributed by atoms with Crippen LogP contribution in [-0.4, -0.2) is 92.7 Å². The molecule has 0 heterocycles. The third-order valence-corrected chi connectivity index (χ3v) is 3.96. The molecule has 0 aromatic rings. The smallest absolute Gasteiger partial charge is 0.232 e. The number of methoxy groups -OCH3 is 1. The number of carbonyl (C=O) groups excluding carboxylic acids is 1. The highest BCUT2D eigenvalue weighted by atomic mass is 32.2. The predicted octanol–water partition coefficient (Wildman–Crippen LogP) is 0.891. The number of hydrogen-bond acceptors (Lipinski definition) is 6. The lowest BCUT2D eigenvalue weighted by atomic mass is 10.3. The van der Waals surface area contributed by atoms with Crippen LogP contribution in [0.2, 0.25) is 0 Å². The Morgan fingerprint density at radius 2 is 1.91 bits per heavy atom. The van der Waals surface area contributed by atoms with Crippen molar-refractivity contribution in [2.24, 2.45) is 0 Å². The largest absolute Gasteiger partial charge is 0.383 e. The van der Waals surface area contributed by atoms with Crippen molar-refractivity contribution in [3.8, 4) is 0 Å². The maximum Gasteiger partial charge on any atom is 0.232 e. The number of aliphatic hydroxyl groups excluding tert-OH is 1. The van der Waals surface area contributed by atoms with Gasteiger partial charge in [-0.1, -0.05) is 13.3 Å². The van der Waals surface area contributed by atoms with Crippen LogP contribution in [0.4, 0.5) is 0 Å². The van der Waals surface area contributed by atoms with Gasteiger partial charge in [0.1, 0.15) is 0 Å². The third kappa shape index (κ3) is 12.2. The molecule has 1 atom stereocenters. The van der Waals surface area contributed by atoms with Crippen molar-refractivity contribution in [3.05, 3.63) is 0 Å². The van der Waals surface area contributed by atoms with Crippen LogP contribution in [0, 0.1) is 0 Å². The van der Waals surface area contributed by atoms with Gasteiger partial charge in [0.2, 0.25) is 5.91 Å². The van der Waals surface area contributed by atoms with Gasteiger partial charge < -0.3 is 24.4 Å². The molecule has 0 fully saturated rings. The zero-order valence-corrected chi connectivity index (χ0v) is 15.2. The Labute approximate surface area is 139 Å². The molecule has 0 aliphatic rings. The molecule has 0 saturated carbocycles. The molecular formula is C15H32N2O4S. The Morgan fingerprint density at radius 3 is 2.50 bits per heavy atom. The first-order valence-electron chi connectivity index (χ1n) is 7.80. The maximum absolute atomic E-state index is 12.2. The molecule has 1 N–H and O–H groups in total. The van der Waals surface area contributed by atoms with E-state index < -0.39 is 6.29 Å². The van der Waals surface area contributed by atoms with E-state index in [0.717, 1.165) is 18.7 Å². The van der Waals surface area contributed by atoms with Crippen LogP contribution in [0.1, 0.15) is 19.8 Å². The lowest BCUT2D eigenvalue weighted by Crippen LogP contribution is -2.38. The number of rotatable bonds is 14. The van der Waals surface area contributed by atoms with Gasteiger partial charge in [0.05, 0.1) is 19.0 Å². The van der Waals surface area contributed by atoms with Gasteiger partial charge in [-0.05, 0) is 20.5 Å². The Bertz CT molecular complexity index is 280. The van der Waals surface area contributed by atoms with E-state index in [4.69, 9.17) is 9.47 Å². The number of nitrogens with zero attached hydrogens (tertiary/aromatic N) is 2. The van der Waals surface area contributed by atoms with Crippen molar-refractivity contribution in [1.82, 2.24) is 9.80 Å². The number of amides is 1. The molecular weight excluding hydrogens is 304 g/mol. The summed E-state index contributed by atoms with van der Waals surface area (Å²) in [4.78, 5) is 16.1. The van der Waals surface area contributed by atoms with Gasteiger partial charge >= 0.3 is 0 Å². The highest BCUT2D eigenvalue weighted by Crippen LogP contribution is 2.04. The van der Waals surface area contributed by atoms with Crippen LogP contribution in [0.25, 0.3) is 0 Å². The van der Waals surface area contributed by atoms with Crippen LogP contribution in [0.3, 0.4) is 0 Å². The van der Waals surface area contributed by atoms with Crippen molar-refractivity contribution in [3.63, 3.8) is 0 Å². The summed E-state index contributed by atoms with van der Waals surface area (Å²) in [5.41, 5.74) is 0. The molecule has 0 aromatic carbocycles. The highest BCUT2D eigenvalue weighted by molar-refractivity contribution is 7.99. The van der Waals surface area contributed by atoms with Crippen molar-refractivity contribution >= 4 is 17.7 Å². The average molecular weight is 336 g/mol. The molecule has 0 aromatic heterocycles. The third-order valence-electron chi connectivity index (χ3n) is 3.03. The first kappa shape index (κ1) is 21.7. The SMILES string of the molecule is CCCC(O)OCCN(CCOC)C(=O)CSCCN(C)C. The van der Waals surface area contributed by atoms with Crippen molar-refractivity contribution in [1.29, 1.82) is 0 Å². The van der Waals surface area contributed by atoms with Crippen molar-refractivity contribution in [2.75, 3.05) is 65.6 Å². The molecule has 0 bridgehead atoms. The molecule has 0 aliphatic carbocycles. The van der Waals surface area contributed by atoms with Gasteiger partial charge in [0.25, 0.3) is 0 Å². The Hall–Kier alpha value is -0.340. The Balaban J connectivity index is 4.05. The highest BCUT2D eigenvalue weighted by Gasteiger charge is 2.14. The summed E-state index contributed by atoms with van der Waals surface area (Å²) >= 11 is 1.64. The Kier molecular flexibility index (Phi) is 14.0. The van der Waals surface area contributed by atoms with Gasteiger partial charge in [-0.15, -0.1) is 0 Å². The van der Waals surface area contributed by atoms with Crippen molar-refractivity contribution < 1.29 is 19.4 Å². The van der Waals surface area contributed by atoms with E-state index in [1.807, 2.05) is 21.0 Å². The zero-order chi connectivity index (χ0) is 16.8. The lowest BCUT2D eigenvalue weighted by Gasteiger charge is -2.23. The quantitative estimate of drug-likeness (QED) is 0.375. The number of ether oxygens (including phenoxy) is 2. The average Bonchev–Trinajstić information content (AvgIpc) is 2.47. The van der Waals surface area contributed by atoms with E-state index in [-0.39, 0.29) is 5.91 Å². The molecule has 0 saturated heterocycles. The van der Waals surface area contributed by atoms with E-state index in [9.17, 15) is 9.90 Å². The summed E-state index contributed by atoms with van der Waals surface area (Å²) in [6, 6.07) is 0. The van der Waals surface area contributed by atoms with Gasteiger partial charge in [-0.25, -0.2) is 0 Å².